The van der Waals surface area contributed by atoms with E-state index >= 15 is 0 Å². The first-order valence-corrected chi connectivity index (χ1v) is 7.74. The minimum absolute atomic E-state index is 0.386. The highest BCUT2D eigenvalue weighted by Gasteiger charge is 2.43. The fourth-order valence-electron chi connectivity index (χ4n) is 2.54. The number of benzene rings is 1. The summed E-state index contributed by atoms with van der Waals surface area (Å²) in [5, 5.41) is 20.2. The van der Waals surface area contributed by atoms with Crippen LogP contribution in [-0.2, 0) is 4.74 Å². The molecule has 2 heterocycles. The van der Waals surface area contributed by atoms with Gasteiger partial charge in [0.2, 0.25) is 0 Å². The Morgan fingerprint density at radius 1 is 1.40 bits per heavy atom. The van der Waals surface area contributed by atoms with E-state index in [0.717, 1.165) is 5.52 Å². The van der Waals surface area contributed by atoms with Crippen molar-refractivity contribution in [2.24, 2.45) is 0 Å². The smallest absolute Gasteiger partial charge is 0.164 e. The van der Waals surface area contributed by atoms with E-state index < -0.39 is 18.4 Å². The molecular formula is C13H17N3O3S. The number of thioether (sulfide) groups is 1. The molecule has 1 aromatic carbocycles. The third-order valence-electron chi connectivity index (χ3n) is 3.58. The van der Waals surface area contributed by atoms with Gasteiger partial charge in [0.25, 0.3) is 0 Å². The summed E-state index contributed by atoms with van der Waals surface area (Å²) < 4.78 is 7.50. The van der Waals surface area contributed by atoms with E-state index in [1.165, 1.54) is 0 Å². The van der Waals surface area contributed by atoms with Gasteiger partial charge in [-0.05, 0) is 18.4 Å². The van der Waals surface area contributed by atoms with Crippen molar-refractivity contribution < 1.29 is 14.9 Å². The monoisotopic (exact) mass is 295 g/mol. The molecule has 4 atom stereocenters. The summed E-state index contributed by atoms with van der Waals surface area (Å²) in [7, 11) is 0. The molecule has 0 radical (unpaired) electrons. The van der Waals surface area contributed by atoms with Gasteiger partial charge in [-0.2, -0.15) is 11.8 Å². The molecule has 1 fully saturated rings. The number of fused-ring (bicyclic) bond motifs is 1. The Bertz CT molecular complexity index is 618. The van der Waals surface area contributed by atoms with Crippen LogP contribution in [0, 0.1) is 0 Å². The van der Waals surface area contributed by atoms with Crippen molar-refractivity contribution in [3.8, 4) is 0 Å². The van der Waals surface area contributed by atoms with E-state index in [0.29, 0.717) is 17.0 Å². The predicted molar refractivity (Wildman–Crippen MR) is 78.5 cm³/mol. The molecule has 1 aliphatic heterocycles. The molecule has 1 aliphatic rings. The molecule has 0 aliphatic carbocycles. The molecule has 0 spiro atoms. The van der Waals surface area contributed by atoms with Crippen LogP contribution in [0.5, 0.6) is 0 Å². The van der Waals surface area contributed by atoms with Crippen LogP contribution in [0.25, 0.3) is 11.0 Å². The molecule has 108 valence electrons. The molecule has 0 amide bonds. The summed E-state index contributed by atoms with van der Waals surface area (Å²) >= 11 is 1.57. The molecule has 1 saturated heterocycles. The van der Waals surface area contributed by atoms with Crippen molar-refractivity contribution in [3.63, 3.8) is 0 Å². The standard InChI is InChI=1S/C13H17N3O3S/c1-20-5-9-11(17)12(18)13(19-9)16-6-15-10-7(14)3-2-4-8(10)16/h2-4,6,9,11-13,17-18H,5,14H2,1H3. The fraction of sp³-hybridized carbons (Fsp3) is 0.462. The number of para-hydroxylation sites is 1. The Kier molecular flexibility index (Phi) is 3.59. The third-order valence-corrected chi connectivity index (χ3v) is 4.24. The van der Waals surface area contributed by atoms with Crippen molar-refractivity contribution in [3.05, 3.63) is 24.5 Å². The molecule has 1 aromatic heterocycles. The topological polar surface area (TPSA) is 93.5 Å². The van der Waals surface area contributed by atoms with Crippen molar-refractivity contribution in [1.82, 2.24) is 9.55 Å². The van der Waals surface area contributed by atoms with Gasteiger partial charge in [0.15, 0.2) is 6.23 Å². The number of nitrogen functional groups attached to an aromatic ring is 1. The van der Waals surface area contributed by atoms with Gasteiger partial charge in [-0.15, -0.1) is 0 Å². The minimum atomic E-state index is -0.981. The number of hydrogen-bond donors (Lipinski definition) is 3. The Morgan fingerprint density at radius 2 is 2.20 bits per heavy atom. The van der Waals surface area contributed by atoms with E-state index in [1.807, 2.05) is 18.4 Å². The number of rotatable bonds is 3. The number of nitrogens with two attached hydrogens (primary N) is 1. The van der Waals surface area contributed by atoms with Crippen LogP contribution in [-0.4, -0.2) is 50.1 Å². The molecule has 4 unspecified atom stereocenters. The van der Waals surface area contributed by atoms with Gasteiger partial charge in [-0.3, -0.25) is 0 Å². The minimum Gasteiger partial charge on any atom is -0.397 e. The number of imidazole rings is 1. The summed E-state index contributed by atoms with van der Waals surface area (Å²) in [5.41, 5.74) is 7.91. The maximum absolute atomic E-state index is 10.2. The maximum Gasteiger partial charge on any atom is 0.164 e. The van der Waals surface area contributed by atoms with Crippen LogP contribution in [0.3, 0.4) is 0 Å². The SMILES string of the molecule is CSCC1OC(n2cnc3c(N)cccc32)C(O)C1O. The molecule has 4 N–H and O–H groups in total. The Morgan fingerprint density at radius 3 is 2.95 bits per heavy atom. The number of ether oxygens (including phenoxy) is 1. The summed E-state index contributed by atoms with van der Waals surface area (Å²) in [5.74, 6) is 0.628. The quantitative estimate of drug-likeness (QED) is 0.718. The third kappa shape index (κ3) is 2.07. The Balaban J connectivity index is 1.97. The zero-order chi connectivity index (χ0) is 14.3. The first-order chi connectivity index (χ1) is 9.63. The van der Waals surface area contributed by atoms with Crippen molar-refractivity contribution in [2.45, 2.75) is 24.5 Å². The van der Waals surface area contributed by atoms with Crippen LogP contribution in [0.4, 0.5) is 5.69 Å². The van der Waals surface area contributed by atoms with Gasteiger partial charge in [-0.1, -0.05) is 6.07 Å². The highest BCUT2D eigenvalue weighted by Crippen LogP contribution is 2.33. The number of hydrogen-bond acceptors (Lipinski definition) is 6. The molecule has 6 nitrogen and oxygen atoms in total. The predicted octanol–water partition coefficient (Wildman–Crippen LogP) is 0.601. The number of aliphatic hydroxyl groups is 2. The van der Waals surface area contributed by atoms with Crippen molar-refractivity contribution in [2.75, 3.05) is 17.7 Å². The fourth-order valence-corrected chi connectivity index (χ4v) is 3.15. The van der Waals surface area contributed by atoms with Gasteiger partial charge < -0.3 is 25.3 Å². The highest BCUT2D eigenvalue weighted by atomic mass is 32.2. The van der Waals surface area contributed by atoms with Crippen molar-refractivity contribution in [1.29, 1.82) is 0 Å². The first kappa shape index (κ1) is 13.7. The first-order valence-electron chi connectivity index (χ1n) is 6.35. The lowest BCUT2D eigenvalue weighted by Gasteiger charge is -2.17. The Hall–Kier alpha value is -1.28. The molecule has 3 rings (SSSR count). The second-order valence-corrected chi connectivity index (χ2v) is 5.78. The van der Waals surface area contributed by atoms with Gasteiger partial charge in [0.1, 0.15) is 17.7 Å². The van der Waals surface area contributed by atoms with Crippen LogP contribution in [0.2, 0.25) is 0 Å². The second-order valence-electron chi connectivity index (χ2n) is 4.87. The molecular weight excluding hydrogens is 278 g/mol. The lowest BCUT2D eigenvalue weighted by molar-refractivity contribution is -0.0285. The van der Waals surface area contributed by atoms with Crippen LogP contribution >= 0.6 is 11.8 Å². The lowest BCUT2D eigenvalue weighted by Crippen LogP contribution is -2.32. The van der Waals surface area contributed by atoms with Crippen LogP contribution in [0.15, 0.2) is 24.5 Å². The average molecular weight is 295 g/mol. The zero-order valence-electron chi connectivity index (χ0n) is 11.0. The van der Waals surface area contributed by atoms with Crippen LogP contribution in [0.1, 0.15) is 6.23 Å². The summed E-state index contributed by atoms with van der Waals surface area (Å²) in [6, 6.07) is 5.47. The molecule has 0 bridgehead atoms. The van der Waals surface area contributed by atoms with Gasteiger partial charge in [0.05, 0.1) is 23.6 Å². The number of anilines is 1. The average Bonchev–Trinajstić information content (AvgIpc) is 2.97. The molecule has 0 saturated carbocycles. The zero-order valence-corrected chi connectivity index (χ0v) is 11.8. The lowest BCUT2D eigenvalue weighted by atomic mass is 10.1. The van der Waals surface area contributed by atoms with E-state index in [9.17, 15) is 10.2 Å². The highest BCUT2D eigenvalue weighted by molar-refractivity contribution is 7.98. The number of nitrogens with zero attached hydrogens (tertiary/aromatic N) is 2. The second kappa shape index (κ2) is 5.25. The van der Waals surface area contributed by atoms with Gasteiger partial charge >= 0.3 is 0 Å². The number of aromatic nitrogens is 2. The van der Waals surface area contributed by atoms with Gasteiger partial charge in [0, 0.05) is 5.75 Å². The summed E-state index contributed by atoms with van der Waals surface area (Å²) in [6.45, 7) is 0. The van der Waals surface area contributed by atoms with E-state index in [2.05, 4.69) is 4.98 Å². The number of aliphatic hydroxyl groups excluding tert-OH is 2. The summed E-state index contributed by atoms with van der Waals surface area (Å²) in [4.78, 5) is 4.25. The normalized spacial score (nSPS) is 30.1. The van der Waals surface area contributed by atoms with E-state index in [1.54, 1.807) is 28.7 Å². The van der Waals surface area contributed by atoms with E-state index in [-0.39, 0.29) is 6.10 Å². The molecule has 2 aromatic rings. The molecule has 20 heavy (non-hydrogen) atoms. The molecule has 7 heteroatoms. The largest absolute Gasteiger partial charge is 0.397 e. The van der Waals surface area contributed by atoms with E-state index in [4.69, 9.17) is 10.5 Å². The Labute approximate surface area is 120 Å². The summed E-state index contributed by atoms with van der Waals surface area (Å²) in [6.07, 6.45) is 0.612. The van der Waals surface area contributed by atoms with Crippen LogP contribution < -0.4 is 5.73 Å². The van der Waals surface area contributed by atoms with Crippen molar-refractivity contribution >= 4 is 28.5 Å². The van der Waals surface area contributed by atoms with Gasteiger partial charge in [-0.25, -0.2) is 4.98 Å². The maximum atomic E-state index is 10.2.